The van der Waals surface area contributed by atoms with Gasteiger partial charge in [-0.05, 0) is 47.5 Å². The molecule has 3 heteroatoms. The van der Waals surface area contributed by atoms with Gasteiger partial charge in [-0.1, -0.05) is 60.7 Å². The number of anilines is 3. The Kier molecular flexibility index (Phi) is 3.91. The summed E-state index contributed by atoms with van der Waals surface area (Å²) >= 11 is 0. The predicted octanol–water partition coefficient (Wildman–Crippen LogP) is 6.74. The fraction of sp³-hybridized carbons (Fsp3) is 0. The maximum atomic E-state index is 11.4. The molecule has 0 unspecified atom stereocenters. The number of aldehydes is 1. The van der Waals surface area contributed by atoms with Crippen molar-refractivity contribution in [3.05, 3.63) is 103 Å². The number of hydrogen-bond acceptors (Lipinski definition) is 3. The minimum Gasteiger partial charge on any atom is -0.453 e. The van der Waals surface area contributed by atoms with Gasteiger partial charge in [0.05, 0.1) is 11.4 Å². The third-order valence-electron chi connectivity index (χ3n) is 4.96. The minimum atomic E-state index is 0.692. The van der Waals surface area contributed by atoms with Crippen molar-refractivity contribution in [3.63, 3.8) is 0 Å². The molecule has 0 bridgehead atoms. The smallest absolute Gasteiger partial charge is 0.151 e. The number of rotatable bonds is 3. The number of carbonyl (C=O) groups excluding carboxylic acids is 1. The third-order valence-corrected chi connectivity index (χ3v) is 4.96. The predicted molar refractivity (Wildman–Crippen MR) is 112 cm³/mol. The first-order valence-electron chi connectivity index (χ1n) is 9.16. The van der Waals surface area contributed by atoms with Crippen LogP contribution < -0.4 is 9.64 Å². The summed E-state index contributed by atoms with van der Waals surface area (Å²) in [5.41, 5.74) is 5.69. The van der Waals surface area contributed by atoms with Crippen molar-refractivity contribution in [1.29, 1.82) is 0 Å². The van der Waals surface area contributed by atoms with E-state index < -0.39 is 0 Å². The van der Waals surface area contributed by atoms with Crippen molar-refractivity contribution in [2.45, 2.75) is 0 Å². The maximum Gasteiger partial charge on any atom is 0.151 e. The quantitative estimate of drug-likeness (QED) is 0.332. The molecular weight excluding hydrogens is 346 g/mol. The van der Waals surface area contributed by atoms with E-state index >= 15 is 0 Å². The van der Waals surface area contributed by atoms with Crippen LogP contribution in [0.1, 0.15) is 10.4 Å². The number of ether oxygens (including phenoxy) is 1. The van der Waals surface area contributed by atoms with Crippen molar-refractivity contribution < 1.29 is 9.53 Å². The largest absolute Gasteiger partial charge is 0.453 e. The van der Waals surface area contributed by atoms with Crippen LogP contribution >= 0.6 is 0 Å². The van der Waals surface area contributed by atoms with Gasteiger partial charge in [0, 0.05) is 11.3 Å². The molecule has 0 saturated carbocycles. The molecule has 3 nitrogen and oxygen atoms in total. The Morgan fingerprint density at radius 3 is 1.86 bits per heavy atom. The van der Waals surface area contributed by atoms with E-state index in [1.165, 1.54) is 0 Å². The molecule has 0 aliphatic carbocycles. The van der Waals surface area contributed by atoms with Crippen LogP contribution in [0.4, 0.5) is 17.1 Å². The van der Waals surface area contributed by atoms with Gasteiger partial charge < -0.3 is 9.64 Å². The Hall–Kier alpha value is -3.85. The number of para-hydroxylation sites is 4. The Morgan fingerprint density at radius 2 is 1.21 bits per heavy atom. The monoisotopic (exact) mass is 363 g/mol. The molecule has 0 N–H and O–H groups in total. The van der Waals surface area contributed by atoms with Crippen molar-refractivity contribution in [2.75, 3.05) is 4.90 Å². The highest BCUT2D eigenvalue weighted by molar-refractivity contribution is 5.89. The molecular formula is C25H17NO2. The van der Waals surface area contributed by atoms with Crippen LogP contribution in [-0.2, 0) is 0 Å². The molecule has 0 aromatic heterocycles. The Bertz CT molecular complexity index is 1120. The highest BCUT2D eigenvalue weighted by Gasteiger charge is 2.25. The summed E-state index contributed by atoms with van der Waals surface area (Å²) < 4.78 is 6.07. The molecule has 0 radical (unpaired) electrons. The van der Waals surface area contributed by atoms with Gasteiger partial charge in [-0.15, -0.1) is 0 Å². The van der Waals surface area contributed by atoms with Crippen LogP contribution in [0, 0.1) is 0 Å². The van der Waals surface area contributed by atoms with Crippen LogP contribution in [0.15, 0.2) is 97.1 Å². The summed E-state index contributed by atoms with van der Waals surface area (Å²) in [4.78, 5) is 13.6. The second kappa shape index (κ2) is 6.71. The summed E-state index contributed by atoms with van der Waals surface area (Å²) in [5, 5.41) is 0. The average Bonchev–Trinajstić information content (AvgIpc) is 2.77. The number of carbonyl (C=O) groups is 1. The van der Waals surface area contributed by atoms with Gasteiger partial charge in [-0.25, -0.2) is 0 Å². The molecule has 134 valence electrons. The number of nitrogens with zero attached hydrogens (tertiary/aromatic N) is 1. The summed E-state index contributed by atoms with van der Waals surface area (Å²) in [6.07, 6.45) is 0.901. The molecule has 4 aromatic rings. The van der Waals surface area contributed by atoms with Crippen LogP contribution in [-0.4, -0.2) is 6.29 Å². The van der Waals surface area contributed by atoms with Crippen molar-refractivity contribution >= 4 is 23.3 Å². The lowest BCUT2D eigenvalue weighted by Gasteiger charge is -2.32. The van der Waals surface area contributed by atoms with Crippen LogP contribution in [0.5, 0.6) is 11.5 Å². The fourth-order valence-electron chi connectivity index (χ4n) is 3.64. The van der Waals surface area contributed by atoms with Gasteiger partial charge in [0.1, 0.15) is 0 Å². The fourth-order valence-corrected chi connectivity index (χ4v) is 3.64. The minimum absolute atomic E-state index is 0.692. The molecule has 1 aliphatic heterocycles. The van der Waals surface area contributed by atoms with Crippen LogP contribution in [0.2, 0.25) is 0 Å². The molecule has 5 rings (SSSR count). The lowest BCUT2D eigenvalue weighted by Crippen LogP contribution is -2.15. The van der Waals surface area contributed by atoms with Gasteiger partial charge in [0.15, 0.2) is 17.8 Å². The first kappa shape index (κ1) is 16.3. The lowest BCUT2D eigenvalue weighted by molar-refractivity contribution is 0.112. The highest BCUT2D eigenvalue weighted by atomic mass is 16.5. The van der Waals surface area contributed by atoms with E-state index in [9.17, 15) is 4.79 Å². The molecule has 4 aromatic carbocycles. The summed E-state index contributed by atoms with van der Waals surface area (Å²) in [6.45, 7) is 0. The van der Waals surface area contributed by atoms with Crippen LogP contribution in [0.3, 0.4) is 0 Å². The van der Waals surface area contributed by atoms with Gasteiger partial charge in [0.2, 0.25) is 0 Å². The van der Waals surface area contributed by atoms with Crippen molar-refractivity contribution in [1.82, 2.24) is 0 Å². The summed E-state index contributed by atoms with van der Waals surface area (Å²) in [6, 6.07) is 31.9. The zero-order valence-corrected chi connectivity index (χ0v) is 15.1. The Morgan fingerprint density at radius 1 is 0.643 bits per heavy atom. The molecule has 0 spiro atoms. The Labute approximate surface area is 163 Å². The number of hydrogen-bond donors (Lipinski definition) is 0. The van der Waals surface area contributed by atoms with Gasteiger partial charge in [-0.3, -0.25) is 4.79 Å². The topological polar surface area (TPSA) is 29.5 Å². The first-order valence-corrected chi connectivity index (χ1v) is 9.16. The first-order chi connectivity index (χ1) is 13.8. The Balaban J connectivity index is 1.61. The standard InChI is InChI=1S/C25H17NO2/c27-17-19-7-1-2-8-21(19)18-13-15-20(16-14-18)26-22-9-3-5-11-24(22)28-25-12-6-4-10-23(25)26/h1-17H. The molecule has 1 heterocycles. The molecule has 28 heavy (non-hydrogen) atoms. The van der Waals surface area contributed by atoms with E-state index in [0.717, 1.165) is 46.0 Å². The molecule has 0 fully saturated rings. The zero-order valence-electron chi connectivity index (χ0n) is 15.1. The van der Waals surface area contributed by atoms with E-state index in [2.05, 4.69) is 41.3 Å². The molecule has 1 aliphatic rings. The lowest BCUT2D eigenvalue weighted by atomic mass is 10.00. The van der Waals surface area contributed by atoms with E-state index in [4.69, 9.17) is 4.74 Å². The number of fused-ring (bicyclic) bond motifs is 2. The van der Waals surface area contributed by atoms with Crippen molar-refractivity contribution in [3.8, 4) is 22.6 Å². The second-order valence-corrected chi connectivity index (χ2v) is 6.62. The second-order valence-electron chi connectivity index (χ2n) is 6.62. The number of benzene rings is 4. The van der Waals surface area contributed by atoms with E-state index in [1.807, 2.05) is 60.7 Å². The zero-order chi connectivity index (χ0) is 18.9. The van der Waals surface area contributed by atoms with Gasteiger partial charge >= 0.3 is 0 Å². The van der Waals surface area contributed by atoms with Gasteiger partial charge in [-0.2, -0.15) is 0 Å². The SMILES string of the molecule is O=Cc1ccccc1-c1ccc(N2c3ccccc3Oc3ccccc32)cc1. The van der Waals surface area contributed by atoms with Gasteiger partial charge in [0.25, 0.3) is 0 Å². The van der Waals surface area contributed by atoms with Crippen LogP contribution in [0.25, 0.3) is 11.1 Å². The van der Waals surface area contributed by atoms with Crippen molar-refractivity contribution in [2.24, 2.45) is 0 Å². The average molecular weight is 363 g/mol. The van der Waals surface area contributed by atoms with E-state index in [-0.39, 0.29) is 0 Å². The summed E-state index contributed by atoms with van der Waals surface area (Å²) in [7, 11) is 0. The summed E-state index contributed by atoms with van der Waals surface area (Å²) in [5.74, 6) is 1.66. The molecule has 0 amide bonds. The third kappa shape index (κ3) is 2.65. The molecule has 0 atom stereocenters. The molecule has 0 saturated heterocycles. The normalized spacial score (nSPS) is 11.9. The maximum absolute atomic E-state index is 11.4. The van der Waals surface area contributed by atoms with E-state index in [0.29, 0.717) is 5.56 Å². The highest BCUT2D eigenvalue weighted by Crippen LogP contribution is 2.50. The van der Waals surface area contributed by atoms with E-state index in [1.54, 1.807) is 0 Å².